The van der Waals surface area contributed by atoms with Crippen LogP contribution in [-0.2, 0) is 6.54 Å². The van der Waals surface area contributed by atoms with E-state index >= 15 is 0 Å². The van der Waals surface area contributed by atoms with Crippen LogP contribution in [0.2, 0.25) is 0 Å². The number of carbonyl (C=O) groups is 1. The lowest BCUT2D eigenvalue weighted by atomic mass is 10.1. The summed E-state index contributed by atoms with van der Waals surface area (Å²) in [4.78, 5) is 20.6. The number of aromatic nitrogens is 2. The molecule has 0 saturated carbocycles. The quantitative estimate of drug-likeness (QED) is 0.713. The van der Waals surface area contributed by atoms with E-state index in [1.165, 1.54) is 18.0 Å². The van der Waals surface area contributed by atoms with E-state index in [4.69, 9.17) is 4.74 Å². The summed E-state index contributed by atoms with van der Waals surface area (Å²) in [6, 6.07) is 15.5. The number of hydrogen-bond acceptors (Lipinski definition) is 5. The van der Waals surface area contributed by atoms with Crippen molar-refractivity contribution in [3.63, 3.8) is 0 Å². The Labute approximate surface area is 152 Å². The molecule has 3 aromatic rings. The topological polar surface area (TPSA) is 76.1 Å². The fraction of sp³-hybridized carbons (Fsp3) is 0.150. The van der Waals surface area contributed by atoms with Crippen LogP contribution in [0.3, 0.4) is 0 Å². The lowest BCUT2D eigenvalue weighted by Crippen LogP contribution is -2.23. The average Bonchev–Trinajstić information content (AvgIpc) is 2.68. The fourth-order valence-electron chi connectivity index (χ4n) is 2.33. The number of nitrogens with one attached hydrogen (secondary N) is 2. The molecule has 0 bridgehead atoms. The molecule has 0 spiro atoms. The number of ether oxygens (including phenoxy) is 1. The molecule has 1 heterocycles. The Bertz CT molecular complexity index is 877. The van der Waals surface area contributed by atoms with Crippen LogP contribution >= 0.6 is 0 Å². The molecule has 0 fully saturated rings. The van der Waals surface area contributed by atoms with Crippen LogP contribution in [0, 0.1) is 6.92 Å². The lowest BCUT2D eigenvalue weighted by Gasteiger charge is -2.08. The highest BCUT2D eigenvalue weighted by Crippen LogP contribution is 2.19. The predicted octanol–water partition coefficient (Wildman–Crippen LogP) is 3.47. The largest absolute Gasteiger partial charge is 0.497 e. The Hall–Kier alpha value is -3.41. The second kappa shape index (κ2) is 8.11. The molecule has 2 N–H and O–H groups in total. The third kappa shape index (κ3) is 4.57. The summed E-state index contributed by atoms with van der Waals surface area (Å²) in [7, 11) is 1.61. The summed E-state index contributed by atoms with van der Waals surface area (Å²) in [5, 5.41) is 5.94. The zero-order valence-electron chi connectivity index (χ0n) is 14.7. The highest BCUT2D eigenvalue weighted by atomic mass is 16.5. The van der Waals surface area contributed by atoms with Gasteiger partial charge in [0, 0.05) is 30.7 Å². The maximum Gasteiger partial charge on any atom is 0.254 e. The molecule has 132 valence electrons. The number of carbonyl (C=O) groups excluding carboxylic acids is 1. The molecule has 0 aliphatic rings. The zero-order chi connectivity index (χ0) is 18.4. The maximum absolute atomic E-state index is 12.2. The highest BCUT2D eigenvalue weighted by molar-refractivity contribution is 5.93. The third-order valence-electron chi connectivity index (χ3n) is 3.81. The van der Waals surface area contributed by atoms with E-state index in [1.807, 2.05) is 55.5 Å². The van der Waals surface area contributed by atoms with Crippen molar-refractivity contribution in [2.75, 3.05) is 12.4 Å². The van der Waals surface area contributed by atoms with E-state index in [0.717, 1.165) is 17.0 Å². The molecule has 0 aliphatic heterocycles. The third-order valence-corrected chi connectivity index (χ3v) is 3.81. The van der Waals surface area contributed by atoms with Gasteiger partial charge in [0.2, 0.25) is 5.95 Å². The van der Waals surface area contributed by atoms with Crippen molar-refractivity contribution in [3.8, 4) is 5.75 Å². The summed E-state index contributed by atoms with van der Waals surface area (Å²) < 4.78 is 5.18. The van der Waals surface area contributed by atoms with Crippen LogP contribution in [0.1, 0.15) is 21.5 Å². The van der Waals surface area contributed by atoms with E-state index < -0.39 is 0 Å². The standard InChI is InChI=1S/C20H20N4O2/c1-14-6-8-15(9-7-14)11-21-19(25)16-12-22-20(23-13-16)24-17-4-3-5-18(10-17)26-2/h3-10,12-13H,11H2,1-2H3,(H,21,25)(H,22,23,24). The first-order valence-electron chi connectivity index (χ1n) is 8.21. The van der Waals surface area contributed by atoms with Crippen molar-refractivity contribution >= 4 is 17.5 Å². The number of rotatable bonds is 6. The minimum atomic E-state index is -0.210. The van der Waals surface area contributed by atoms with E-state index in [2.05, 4.69) is 20.6 Å². The van der Waals surface area contributed by atoms with Gasteiger partial charge in [-0.3, -0.25) is 4.79 Å². The Morgan fingerprint density at radius 2 is 1.81 bits per heavy atom. The number of methoxy groups -OCH3 is 1. The first-order valence-corrected chi connectivity index (χ1v) is 8.21. The van der Waals surface area contributed by atoms with Crippen molar-refractivity contribution in [1.82, 2.24) is 15.3 Å². The normalized spacial score (nSPS) is 10.2. The molecule has 0 aliphatic carbocycles. The van der Waals surface area contributed by atoms with Gasteiger partial charge < -0.3 is 15.4 Å². The molecule has 26 heavy (non-hydrogen) atoms. The molecule has 0 atom stereocenters. The van der Waals surface area contributed by atoms with Crippen molar-refractivity contribution in [2.24, 2.45) is 0 Å². The van der Waals surface area contributed by atoms with Gasteiger partial charge in [0.25, 0.3) is 5.91 Å². The van der Waals surface area contributed by atoms with E-state index in [0.29, 0.717) is 18.1 Å². The van der Waals surface area contributed by atoms with Gasteiger partial charge in [-0.1, -0.05) is 35.9 Å². The SMILES string of the molecule is COc1cccc(Nc2ncc(C(=O)NCc3ccc(C)cc3)cn2)c1. The number of benzene rings is 2. The number of nitrogens with zero attached hydrogens (tertiary/aromatic N) is 2. The van der Waals surface area contributed by atoms with Crippen molar-refractivity contribution in [3.05, 3.63) is 77.6 Å². The summed E-state index contributed by atoms with van der Waals surface area (Å²) >= 11 is 0. The zero-order valence-corrected chi connectivity index (χ0v) is 14.7. The van der Waals surface area contributed by atoms with E-state index in [1.54, 1.807) is 7.11 Å². The minimum absolute atomic E-state index is 0.210. The molecule has 1 aromatic heterocycles. The number of hydrogen-bond donors (Lipinski definition) is 2. The monoisotopic (exact) mass is 348 g/mol. The minimum Gasteiger partial charge on any atom is -0.497 e. The Morgan fingerprint density at radius 3 is 2.50 bits per heavy atom. The van der Waals surface area contributed by atoms with Crippen LogP contribution < -0.4 is 15.4 Å². The molecular formula is C20H20N4O2. The van der Waals surface area contributed by atoms with Crippen LogP contribution in [0.5, 0.6) is 5.75 Å². The van der Waals surface area contributed by atoms with Crippen LogP contribution in [-0.4, -0.2) is 23.0 Å². The second-order valence-corrected chi connectivity index (χ2v) is 5.82. The Kier molecular flexibility index (Phi) is 5.43. The predicted molar refractivity (Wildman–Crippen MR) is 101 cm³/mol. The summed E-state index contributed by atoms with van der Waals surface area (Å²) in [6.07, 6.45) is 3.00. The van der Waals surface area contributed by atoms with Crippen molar-refractivity contribution in [1.29, 1.82) is 0 Å². The first-order chi connectivity index (χ1) is 12.6. The Balaban J connectivity index is 1.59. The average molecular weight is 348 g/mol. The summed E-state index contributed by atoms with van der Waals surface area (Å²) in [5.74, 6) is 0.939. The molecule has 6 heteroatoms. The van der Waals surface area contributed by atoms with Crippen molar-refractivity contribution < 1.29 is 9.53 Å². The lowest BCUT2D eigenvalue weighted by molar-refractivity contribution is 0.0950. The van der Waals surface area contributed by atoms with Gasteiger partial charge in [0.05, 0.1) is 12.7 Å². The summed E-state index contributed by atoms with van der Waals surface area (Å²) in [6.45, 7) is 2.49. The number of amides is 1. The molecule has 0 saturated heterocycles. The number of anilines is 2. The second-order valence-electron chi connectivity index (χ2n) is 5.82. The van der Waals surface area contributed by atoms with Gasteiger partial charge in [0.15, 0.2) is 0 Å². The molecule has 2 aromatic carbocycles. The molecule has 0 radical (unpaired) electrons. The highest BCUT2D eigenvalue weighted by Gasteiger charge is 2.07. The van der Waals surface area contributed by atoms with Gasteiger partial charge in [-0.2, -0.15) is 0 Å². The summed E-state index contributed by atoms with van der Waals surface area (Å²) in [5.41, 5.74) is 3.45. The van der Waals surface area contributed by atoms with E-state index in [9.17, 15) is 4.79 Å². The van der Waals surface area contributed by atoms with Gasteiger partial charge >= 0.3 is 0 Å². The maximum atomic E-state index is 12.2. The van der Waals surface area contributed by atoms with Crippen LogP contribution in [0.4, 0.5) is 11.6 Å². The molecular weight excluding hydrogens is 328 g/mol. The van der Waals surface area contributed by atoms with Crippen LogP contribution in [0.25, 0.3) is 0 Å². The molecule has 6 nitrogen and oxygen atoms in total. The number of aryl methyl sites for hydroxylation is 1. The van der Waals surface area contributed by atoms with Gasteiger partial charge in [-0.05, 0) is 24.6 Å². The molecule has 0 unspecified atom stereocenters. The van der Waals surface area contributed by atoms with Gasteiger partial charge in [-0.15, -0.1) is 0 Å². The smallest absolute Gasteiger partial charge is 0.254 e. The molecule has 1 amide bonds. The Morgan fingerprint density at radius 1 is 1.08 bits per heavy atom. The van der Waals surface area contributed by atoms with E-state index in [-0.39, 0.29) is 5.91 Å². The van der Waals surface area contributed by atoms with Gasteiger partial charge in [0.1, 0.15) is 5.75 Å². The van der Waals surface area contributed by atoms with Crippen LogP contribution in [0.15, 0.2) is 60.9 Å². The van der Waals surface area contributed by atoms with Crippen molar-refractivity contribution in [2.45, 2.75) is 13.5 Å². The van der Waals surface area contributed by atoms with Gasteiger partial charge in [-0.25, -0.2) is 9.97 Å². The fourth-order valence-corrected chi connectivity index (χ4v) is 2.33. The molecule has 3 rings (SSSR count). The first kappa shape index (κ1) is 17.4.